The van der Waals surface area contributed by atoms with Gasteiger partial charge in [0.05, 0.1) is 11.6 Å². The number of anilines is 2. The summed E-state index contributed by atoms with van der Waals surface area (Å²) in [6, 6.07) is 8.22. The molecule has 8 nitrogen and oxygen atoms in total. The minimum absolute atomic E-state index is 0.0694. The Morgan fingerprint density at radius 3 is 2.55 bits per heavy atom. The Bertz CT molecular complexity index is 737. The number of rotatable bonds is 4. The molecule has 3 N–H and O–H groups in total. The van der Waals surface area contributed by atoms with Crippen LogP contribution in [-0.4, -0.2) is 28.5 Å². The van der Waals surface area contributed by atoms with Gasteiger partial charge in [0, 0.05) is 18.1 Å². The highest BCUT2D eigenvalue weighted by atomic mass is 16.5. The first kappa shape index (κ1) is 14.9. The second kappa shape index (κ2) is 6.81. The summed E-state index contributed by atoms with van der Waals surface area (Å²) < 4.78 is 4.80. The lowest BCUT2D eigenvalue weighted by atomic mass is 10.2. The van der Waals surface area contributed by atoms with Crippen LogP contribution in [0.3, 0.4) is 0 Å². The average Bonchev–Trinajstić information content (AvgIpc) is 2.54. The molecule has 0 unspecified atom stereocenters. The molecule has 0 spiro atoms. The molecule has 110 valence electrons. The van der Waals surface area contributed by atoms with E-state index < -0.39 is 18.5 Å². The SMILES string of the molecule is N#Cc1ccc(NC(=O)COC(=O)c2nccnc2N)cc1. The fourth-order valence-electron chi connectivity index (χ4n) is 1.53. The van der Waals surface area contributed by atoms with Crippen LogP contribution in [0.5, 0.6) is 0 Å². The smallest absolute Gasteiger partial charge is 0.361 e. The summed E-state index contributed by atoms with van der Waals surface area (Å²) in [5.74, 6) is -1.43. The van der Waals surface area contributed by atoms with Gasteiger partial charge in [0.25, 0.3) is 5.91 Å². The van der Waals surface area contributed by atoms with Crippen LogP contribution in [0.4, 0.5) is 11.5 Å². The topological polar surface area (TPSA) is 131 Å². The zero-order valence-corrected chi connectivity index (χ0v) is 11.3. The average molecular weight is 297 g/mol. The van der Waals surface area contributed by atoms with Gasteiger partial charge in [-0.2, -0.15) is 5.26 Å². The number of hydrogen-bond acceptors (Lipinski definition) is 7. The summed E-state index contributed by atoms with van der Waals surface area (Å²) in [6.07, 6.45) is 2.63. The van der Waals surface area contributed by atoms with E-state index in [4.69, 9.17) is 15.7 Å². The van der Waals surface area contributed by atoms with E-state index in [1.807, 2.05) is 6.07 Å². The van der Waals surface area contributed by atoms with Crippen LogP contribution >= 0.6 is 0 Å². The first-order valence-electron chi connectivity index (χ1n) is 6.14. The second-order valence-electron chi connectivity index (χ2n) is 4.10. The van der Waals surface area contributed by atoms with Gasteiger partial charge in [-0.25, -0.2) is 14.8 Å². The molecular weight excluding hydrogens is 286 g/mol. The van der Waals surface area contributed by atoms with Crippen molar-refractivity contribution >= 4 is 23.4 Å². The Hall–Kier alpha value is -3.47. The van der Waals surface area contributed by atoms with Gasteiger partial charge < -0.3 is 15.8 Å². The van der Waals surface area contributed by atoms with Crippen LogP contribution in [0.25, 0.3) is 0 Å². The fourth-order valence-corrected chi connectivity index (χ4v) is 1.53. The minimum Gasteiger partial charge on any atom is -0.451 e. The Kier molecular flexibility index (Phi) is 4.62. The molecule has 0 aliphatic heterocycles. The van der Waals surface area contributed by atoms with E-state index in [0.29, 0.717) is 11.3 Å². The van der Waals surface area contributed by atoms with E-state index in [1.54, 1.807) is 24.3 Å². The highest BCUT2D eigenvalue weighted by Crippen LogP contribution is 2.09. The molecule has 8 heteroatoms. The van der Waals surface area contributed by atoms with Gasteiger partial charge >= 0.3 is 5.97 Å². The third kappa shape index (κ3) is 3.77. The fraction of sp³-hybridized carbons (Fsp3) is 0.0714. The molecule has 0 saturated heterocycles. The number of nitrogen functional groups attached to an aromatic ring is 1. The lowest BCUT2D eigenvalue weighted by Crippen LogP contribution is -2.22. The van der Waals surface area contributed by atoms with Crippen molar-refractivity contribution in [2.45, 2.75) is 0 Å². The van der Waals surface area contributed by atoms with Gasteiger partial charge in [0.15, 0.2) is 18.1 Å². The van der Waals surface area contributed by atoms with Crippen LogP contribution in [0.15, 0.2) is 36.7 Å². The van der Waals surface area contributed by atoms with Gasteiger partial charge in [0.2, 0.25) is 0 Å². The lowest BCUT2D eigenvalue weighted by Gasteiger charge is -2.07. The van der Waals surface area contributed by atoms with E-state index in [9.17, 15) is 9.59 Å². The summed E-state index contributed by atoms with van der Waals surface area (Å²) >= 11 is 0. The van der Waals surface area contributed by atoms with Crippen LogP contribution in [-0.2, 0) is 9.53 Å². The molecule has 0 atom stereocenters. The molecule has 0 fully saturated rings. The van der Waals surface area contributed by atoms with Crippen molar-refractivity contribution in [3.05, 3.63) is 47.9 Å². The standard InChI is InChI=1S/C14H11N5O3/c15-7-9-1-3-10(4-2-9)19-11(20)8-22-14(21)12-13(16)18-6-5-17-12/h1-6H,8H2,(H2,16,18)(H,19,20). The highest BCUT2D eigenvalue weighted by molar-refractivity contribution is 5.96. The normalized spacial score (nSPS) is 9.59. The number of esters is 1. The molecule has 0 radical (unpaired) electrons. The number of nitrogens with two attached hydrogens (primary N) is 1. The monoisotopic (exact) mass is 297 g/mol. The summed E-state index contributed by atoms with van der Waals surface area (Å²) in [5, 5.41) is 11.2. The summed E-state index contributed by atoms with van der Waals surface area (Å²) in [5.41, 5.74) is 6.29. The number of carbonyl (C=O) groups is 2. The number of amides is 1. The molecule has 0 aliphatic carbocycles. The van der Waals surface area contributed by atoms with E-state index in [-0.39, 0.29) is 11.5 Å². The molecule has 22 heavy (non-hydrogen) atoms. The Balaban J connectivity index is 1.89. The van der Waals surface area contributed by atoms with Crippen molar-refractivity contribution in [3.63, 3.8) is 0 Å². The van der Waals surface area contributed by atoms with E-state index in [1.165, 1.54) is 12.4 Å². The summed E-state index contributed by atoms with van der Waals surface area (Å²) in [4.78, 5) is 30.8. The minimum atomic E-state index is -0.833. The summed E-state index contributed by atoms with van der Waals surface area (Å²) in [6.45, 7) is -0.491. The van der Waals surface area contributed by atoms with E-state index >= 15 is 0 Å². The van der Waals surface area contributed by atoms with Gasteiger partial charge in [-0.15, -0.1) is 0 Å². The maximum absolute atomic E-state index is 11.7. The van der Waals surface area contributed by atoms with Crippen LogP contribution in [0, 0.1) is 11.3 Å². The van der Waals surface area contributed by atoms with Gasteiger partial charge in [-0.05, 0) is 24.3 Å². The van der Waals surface area contributed by atoms with Gasteiger partial charge in [-0.1, -0.05) is 0 Å². The molecule has 1 amide bonds. The molecule has 2 aromatic rings. The number of benzene rings is 1. The molecule has 2 rings (SSSR count). The van der Waals surface area contributed by atoms with Crippen molar-refractivity contribution < 1.29 is 14.3 Å². The first-order valence-corrected chi connectivity index (χ1v) is 6.14. The van der Waals surface area contributed by atoms with Crippen LogP contribution in [0.2, 0.25) is 0 Å². The third-order valence-corrected chi connectivity index (χ3v) is 2.55. The predicted octanol–water partition coefficient (Wildman–Crippen LogP) is 0.726. The van der Waals surface area contributed by atoms with Gasteiger partial charge in [-0.3, -0.25) is 4.79 Å². The quantitative estimate of drug-likeness (QED) is 0.795. The van der Waals surface area contributed by atoms with Crippen molar-refractivity contribution in [2.75, 3.05) is 17.7 Å². The molecule has 1 aromatic carbocycles. The number of carbonyl (C=O) groups excluding carboxylic acids is 2. The molecule has 1 heterocycles. The zero-order valence-electron chi connectivity index (χ0n) is 11.3. The molecule has 0 bridgehead atoms. The zero-order chi connectivity index (χ0) is 15.9. The Labute approximate surface area is 125 Å². The number of hydrogen-bond donors (Lipinski definition) is 2. The number of aromatic nitrogens is 2. The lowest BCUT2D eigenvalue weighted by molar-refractivity contribution is -0.119. The number of ether oxygens (including phenoxy) is 1. The third-order valence-electron chi connectivity index (χ3n) is 2.55. The van der Waals surface area contributed by atoms with Crippen molar-refractivity contribution in [2.24, 2.45) is 0 Å². The molecule has 0 aliphatic rings. The van der Waals surface area contributed by atoms with Crippen LogP contribution < -0.4 is 11.1 Å². The molecule has 1 aromatic heterocycles. The van der Waals surface area contributed by atoms with Crippen molar-refractivity contribution in [1.29, 1.82) is 5.26 Å². The maximum Gasteiger partial charge on any atom is 0.361 e. The van der Waals surface area contributed by atoms with Crippen molar-refractivity contribution in [3.8, 4) is 6.07 Å². The molecule has 0 saturated carbocycles. The number of nitrogens with one attached hydrogen (secondary N) is 1. The molecular formula is C14H11N5O3. The Morgan fingerprint density at radius 2 is 1.91 bits per heavy atom. The first-order chi connectivity index (χ1) is 10.6. The van der Waals surface area contributed by atoms with E-state index in [0.717, 1.165) is 0 Å². The maximum atomic E-state index is 11.7. The summed E-state index contributed by atoms with van der Waals surface area (Å²) in [7, 11) is 0. The number of nitriles is 1. The largest absolute Gasteiger partial charge is 0.451 e. The van der Waals surface area contributed by atoms with Crippen molar-refractivity contribution in [1.82, 2.24) is 9.97 Å². The van der Waals surface area contributed by atoms with Gasteiger partial charge in [0.1, 0.15) is 0 Å². The Morgan fingerprint density at radius 1 is 1.23 bits per heavy atom. The van der Waals surface area contributed by atoms with Crippen LogP contribution in [0.1, 0.15) is 16.1 Å². The highest BCUT2D eigenvalue weighted by Gasteiger charge is 2.15. The number of nitrogens with zero attached hydrogens (tertiary/aromatic N) is 3. The second-order valence-corrected chi connectivity index (χ2v) is 4.10. The van der Waals surface area contributed by atoms with E-state index in [2.05, 4.69) is 15.3 Å². The predicted molar refractivity (Wildman–Crippen MR) is 76.5 cm³/mol.